The highest BCUT2D eigenvalue weighted by Crippen LogP contribution is 2.33. The van der Waals surface area contributed by atoms with Crippen molar-refractivity contribution in [2.45, 2.75) is 49.7 Å². The molecule has 2 aliphatic rings. The molecule has 0 bridgehead atoms. The molecule has 0 radical (unpaired) electrons. The van der Waals surface area contributed by atoms with Crippen LogP contribution in [0.1, 0.15) is 36.8 Å². The van der Waals surface area contributed by atoms with E-state index >= 15 is 0 Å². The van der Waals surface area contributed by atoms with E-state index in [1.807, 2.05) is 0 Å². The zero-order valence-corrected chi connectivity index (χ0v) is 15.0. The molecule has 8 heteroatoms. The first-order valence-electron chi connectivity index (χ1n) is 8.53. The predicted octanol–water partition coefficient (Wildman–Crippen LogP) is 3.09. The average molecular weight is 376 g/mol. The quantitative estimate of drug-likeness (QED) is 0.793. The van der Waals surface area contributed by atoms with Crippen molar-refractivity contribution in [3.05, 3.63) is 35.4 Å². The summed E-state index contributed by atoms with van der Waals surface area (Å²) in [5, 5.41) is -0.220. The van der Waals surface area contributed by atoms with Gasteiger partial charge in [-0.2, -0.15) is 13.2 Å². The second-order valence-corrected chi connectivity index (χ2v) is 9.26. The number of nitrogens with zero attached hydrogens (tertiary/aromatic N) is 2. The number of alkyl halides is 3. The third-order valence-corrected chi connectivity index (χ3v) is 7.44. The molecule has 0 amide bonds. The fourth-order valence-corrected chi connectivity index (χ4v) is 5.13. The van der Waals surface area contributed by atoms with Crippen molar-refractivity contribution in [2.24, 2.45) is 0 Å². The average Bonchev–Trinajstić information content (AvgIpc) is 3.39. The summed E-state index contributed by atoms with van der Waals surface area (Å²) in [4.78, 5) is 2.12. The molecule has 1 aromatic rings. The Hall–Kier alpha value is -1.12. The maximum atomic E-state index is 12.6. The van der Waals surface area contributed by atoms with Crippen molar-refractivity contribution >= 4 is 10.0 Å². The van der Waals surface area contributed by atoms with Crippen molar-refractivity contribution in [1.82, 2.24) is 9.21 Å². The van der Waals surface area contributed by atoms with Crippen LogP contribution < -0.4 is 0 Å². The normalized spacial score (nSPS) is 23.2. The number of piperidine rings is 1. The number of likely N-dealkylation sites (tertiary alicyclic amines) is 1. The van der Waals surface area contributed by atoms with Gasteiger partial charge in [-0.25, -0.2) is 12.7 Å². The molecule has 1 saturated heterocycles. The van der Waals surface area contributed by atoms with Gasteiger partial charge in [0.05, 0.1) is 10.8 Å². The topological polar surface area (TPSA) is 40.6 Å². The summed E-state index contributed by atoms with van der Waals surface area (Å²) in [5.74, 6) is 0. The van der Waals surface area contributed by atoms with Crippen molar-refractivity contribution in [2.75, 3.05) is 20.1 Å². The zero-order chi connectivity index (χ0) is 18.2. The molecular formula is C17H23F3N2O2S. The largest absolute Gasteiger partial charge is 0.416 e. The Bertz CT molecular complexity index is 700. The molecule has 140 valence electrons. The van der Waals surface area contributed by atoms with Crippen LogP contribution in [0.2, 0.25) is 0 Å². The zero-order valence-electron chi connectivity index (χ0n) is 14.2. The van der Waals surface area contributed by atoms with E-state index in [4.69, 9.17) is 0 Å². The number of rotatable bonds is 5. The van der Waals surface area contributed by atoms with E-state index < -0.39 is 21.8 Å². The fourth-order valence-electron chi connectivity index (χ4n) is 3.34. The van der Waals surface area contributed by atoms with Gasteiger partial charge < -0.3 is 0 Å². The van der Waals surface area contributed by atoms with Gasteiger partial charge in [0.15, 0.2) is 0 Å². The molecule has 1 unspecified atom stereocenters. The maximum Gasteiger partial charge on any atom is 0.416 e. The molecule has 1 aromatic carbocycles. The van der Waals surface area contributed by atoms with Crippen LogP contribution >= 0.6 is 0 Å². The van der Waals surface area contributed by atoms with Crippen LogP contribution in [0.5, 0.6) is 0 Å². The van der Waals surface area contributed by atoms with Gasteiger partial charge in [-0.1, -0.05) is 12.1 Å². The van der Waals surface area contributed by atoms with E-state index in [1.165, 1.54) is 16.4 Å². The Balaban J connectivity index is 1.62. The highest BCUT2D eigenvalue weighted by Gasteiger charge is 2.41. The summed E-state index contributed by atoms with van der Waals surface area (Å²) in [6.45, 7) is 1.98. The summed E-state index contributed by atoms with van der Waals surface area (Å²) in [6, 6.07) is 5.13. The third-order valence-electron chi connectivity index (χ3n) is 5.03. The minimum absolute atomic E-state index is 0.0613. The van der Waals surface area contributed by atoms with Gasteiger partial charge in [-0.3, -0.25) is 4.90 Å². The van der Waals surface area contributed by atoms with Gasteiger partial charge in [0.25, 0.3) is 0 Å². The lowest BCUT2D eigenvalue weighted by Crippen LogP contribution is -2.49. The van der Waals surface area contributed by atoms with Gasteiger partial charge in [-0.05, 0) is 49.9 Å². The van der Waals surface area contributed by atoms with Gasteiger partial charge in [0, 0.05) is 26.2 Å². The van der Waals surface area contributed by atoms with Crippen LogP contribution in [-0.2, 0) is 22.7 Å². The molecule has 0 aromatic heterocycles. The molecule has 1 heterocycles. The van der Waals surface area contributed by atoms with Crippen LogP contribution in [0.4, 0.5) is 13.2 Å². The summed E-state index contributed by atoms with van der Waals surface area (Å²) >= 11 is 0. The Labute approximate surface area is 146 Å². The van der Waals surface area contributed by atoms with Crippen LogP contribution in [0.25, 0.3) is 0 Å². The molecule has 1 aliphatic heterocycles. The predicted molar refractivity (Wildman–Crippen MR) is 89.4 cm³/mol. The standard InChI is InChI=1S/C17H23F3N2O2S/c1-21(25(23,24)16-8-9-16)15-3-2-10-22(12-15)11-13-4-6-14(7-5-13)17(18,19)20/h4-7,15-16H,2-3,8-12H2,1H3. The van der Waals surface area contributed by atoms with E-state index in [0.717, 1.165) is 49.9 Å². The number of benzene rings is 1. The Kier molecular flexibility index (Phi) is 5.14. The van der Waals surface area contributed by atoms with E-state index in [9.17, 15) is 21.6 Å². The minimum atomic E-state index is -4.32. The number of likely N-dealkylation sites (N-methyl/N-ethyl adjacent to an activating group) is 1. The fraction of sp³-hybridized carbons (Fsp3) is 0.647. The Morgan fingerprint density at radius 1 is 1.16 bits per heavy atom. The van der Waals surface area contributed by atoms with Crippen LogP contribution in [0.3, 0.4) is 0 Å². The Morgan fingerprint density at radius 2 is 1.80 bits per heavy atom. The maximum absolute atomic E-state index is 12.6. The third kappa shape index (κ3) is 4.35. The molecule has 3 rings (SSSR count). The molecule has 25 heavy (non-hydrogen) atoms. The highest BCUT2D eigenvalue weighted by atomic mass is 32.2. The molecule has 1 aliphatic carbocycles. The van der Waals surface area contributed by atoms with Crippen LogP contribution in [-0.4, -0.2) is 49.1 Å². The lowest BCUT2D eigenvalue weighted by atomic mass is 10.0. The summed E-state index contributed by atoms with van der Waals surface area (Å²) in [5.41, 5.74) is 0.157. The van der Waals surface area contributed by atoms with Crippen molar-refractivity contribution in [3.63, 3.8) is 0 Å². The van der Waals surface area contributed by atoms with Crippen molar-refractivity contribution in [1.29, 1.82) is 0 Å². The number of halogens is 3. The lowest BCUT2D eigenvalue weighted by molar-refractivity contribution is -0.137. The first-order valence-corrected chi connectivity index (χ1v) is 10.0. The lowest BCUT2D eigenvalue weighted by Gasteiger charge is -2.37. The number of hydrogen-bond donors (Lipinski definition) is 0. The SMILES string of the molecule is CN(C1CCCN(Cc2ccc(C(F)(F)F)cc2)C1)S(=O)(=O)C1CC1. The monoisotopic (exact) mass is 376 g/mol. The molecular weight excluding hydrogens is 353 g/mol. The van der Waals surface area contributed by atoms with E-state index in [-0.39, 0.29) is 11.3 Å². The summed E-state index contributed by atoms with van der Waals surface area (Å²) in [7, 11) is -1.55. The number of hydrogen-bond acceptors (Lipinski definition) is 3. The molecule has 2 fully saturated rings. The molecule has 4 nitrogen and oxygen atoms in total. The molecule has 1 atom stereocenters. The summed E-state index contributed by atoms with van der Waals surface area (Å²) < 4.78 is 64.2. The van der Waals surface area contributed by atoms with Crippen LogP contribution in [0, 0.1) is 0 Å². The first-order chi connectivity index (χ1) is 11.7. The second-order valence-electron chi connectivity index (χ2n) is 6.99. The molecule has 0 N–H and O–H groups in total. The van der Waals surface area contributed by atoms with Gasteiger partial charge in [0.2, 0.25) is 10.0 Å². The van der Waals surface area contributed by atoms with E-state index in [0.29, 0.717) is 13.1 Å². The highest BCUT2D eigenvalue weighted by molar-refractivity contribution is 7.90. The van der Waals surface area contributed by atoms with Crippen molar-refractivity contribution in [3.8, 4) is 0 Å². The number of sulfonamides is 1. The van der Waals surface area contributed by atoms with Gasteiger partial charge >= 0.3 is 6.18 Å². The molecule has 0 spiro atoms. The van der Waals surface area contributed by atoms with Crippen molar-refractivity contribution < 1.29 is 21.6 Å². The van der Waals surface area contributed by atoms with Gasteiger partial charge in [0.1, 0.15) is 0 Å². The van der Waals surface area contributed by atoms with Crippen LogP contribution in [0.15, 0.2) is 24.3 Å². The Morgan fingerprint density at radius 3 is 2.36 bits per heavy atom. The smallest absolute Gasteiger partial charge is 0.297 e. The van der Waals surface area contributed by atoms with E-state index in [1.54, 1.807) is 7.05 Å². The minimum Gasteiger partial charge on any atom is -0.297 e. The van der Waals surface area contributed by atoms with E-state index in [2.05, 4.69) is 4.90 Å². The summed E-state index contributed by atoms with van der Waals surface area (Å²) in [6.07, 6.45) is -1.13. The van der Waals surface area contributed by atoms with Gasteiger partial charge in [-0.15, -0.1) is 0 Å². The molecule has 1 saturated carbocycles. The second kappa shape index (κ2) is 6.89. The first kappa shape index (κ1) is 18.7.